The van der Waals surface area contributed by atoms with E-state index >= 15 is 0 Å². The van der Waals surface area contributed by atoms with Gasteiger partial charge in [-0.3, -0.25) is 25.8 Å². The van der Waals surface area contributed by atoms with Gasteiger partial charge in [0.25, 0.3) is 5.69 Å². The lowest BCUT2D eigenvalue weighted by atomic mass is 10.3. The molecule has 0 saturated carbocycles. The van der Waals surface area contributed by atoms with E-state index in [9.17, 15) is 14.9 Å². The van der Waals surface area contributed by atoms with Gasteiger partial charge in [-0.05, 0) is 6.07 Å². The Morgan fingerprint density at radius 3 is 2.85 bits per heavy atom. The first-order valence-electron chi connectivity index (χ1n) is 3.43. The quantitative estimate of drug-likeness (QED) is 0.406. The SMILES string of the molecule is O=CNNc1cccc([N+](=O)[O-])c1. The third-order valence-electron chi connectivity index (χ3n) is 1.33. The fraction of sp³-hybridized carbons (Fsp3) is 0. The highest BCUT2D eigenvalue weighted by Gasteiger charge is 2.04. The summed E-state index contributed by atoms with van der Waals surface area (Å²) in [5.74, 6) is 0. The molecule has 1 amide bonds. The van der Waals surface area contributed by atoms with Crippen molar-refractivity contribution in [3.63, 3.8) is 0 Å². The van der Waals surface area contributed by atoms with Crippen LogP contribution in [0.15, 0.2) is 24.3 Å². The second kappa shape index (κ2) is 4.05. The number of anilines is 1. The molecule has 0 spiro atoms. The van der Waals surface area contributed by atoms with Gasteiger partial charge < -0.3 is 0 Å². The lowest BCUT2D eigenvalue weighted by Crippen LogP contribution is -2.18. The van der Waals surface area contributed by atoms with E-state index < -0.39 is 4.92 Å². The fourth-order valence-electron chi connectivity index (χ4n) is 0.810. The summed E-state index contributed by atoms with van der Waals surface area (Å²) in [7, 11) is 0. The Bertz CT molecular complexity index is 327. The molecule has 0 heterocycles. The minimum atomic E-state index is -0.508. The van der Waals surface area contributed by atoms with Crippen molar-refractivity contribution in [2.24, 2.45) is 0 Å². The minimum Gasteiger partial charge on any atom is -0.299 e. The third kappa shape index (κ3) is 2.44. The number of amides is 1. The Morgan fingerprint density at radius 1 is 1.46 bits per heavy atom. The van der Waals surface area contributed by atoms with Gasteiger partial charge in [0.05, 0.1) is 10.6 Å². The standard InChI is InChI=1S/C7H7N3O3/c11-5-8-9-6-2-1-3-7(4-6)10(12)13/h1-5,9H,(H,8,11). The monoisotopic (exact) mass is 181 g/mol. The number of carbonyl (C=O) groups is 1. The summed E-state index contributed by atoms with van der Waals surface area (Å²) in [6.07, 6.45) is 0.443. The number of nitrogens with one attached hydrogen (secondary N) is 2. The molecule has 1 aromatic carbocycles. The maximum Gasteiger partial charge on any atom is 0.271 e. The summed E-state index contributed by atoms with van der Waals surface area (Å²) in [6.45, 7) is 0. The molecule has 2 N–H and O–H groups in total. The van der Waals surface area contributed by atoms with Gasteiger partial charge in [-0.1, -0.05) is 6.07 Å². The van der Waals surface area contributed by atoms with Crippen LogP contribution in [0, 0.1) is 10.1 Å². The van der Waals surface area contributed by atoms with Crippen LogP contribution in [-0.2, 0) is 4.79 Å². The zero-order valence-electron chi connectivity index (χ0n) is 6.56. The van der Waals surface area contributed by atoms with Crippen LogP contribution in [0.25, 0.3) is 0 Å². The van der Waals surface area contributed by atoms with E-state index in [1.807, 2.05) is 0 Å². The molecule has 6 nitrogen and oxygen atoms in total. The number of hydrogen-bond acceptors (Lipinski definition) is 4. The first kappa shape index (κ1) is 8.98. The molecule has 1 rings (SSSR count). The summed E-state index contributed by atoms with van der Waals surface area (Å²) < 4.78 is 0. The molecule has 0 radical (unpaired) electrons. The van der Waals surface area contributed by atoms with Crippen molar-refractivity contribution in [2.45, 2.75) is 0 Å². The van der Waals surface area contributed by atoms with Crippen molar-refractivity contribution in [1.29, 1.82) is 0 Å². The molecule has 68 valence electrons. The van der Waals surface area contributed by atoms with Gasteiger partial charge in [-0.15, -0.1) is 0 Å². The van der Waals surface area contributed by atoms with Crippen molar-refractivity contribution in [2.75, 3.05) is 5.43 Å². The minimum absolute atomic E-state index is 0.0299. The van der Waals surface area contributed by atoms with Crippen molar-refractivity contribution in [1.82, 2.24) is 5.43 Å². The van der Waals surface area contributed by atoms with E-state index in [0.717, 1.165) is 0 Å². The number of non-ortho nitro benzene ring substituents is 1. The second-order valence-corrected chi connectivity index (χ2v) is 2.19. The van der Waals surface area contributed by atoms with Gasteiger partial charge in [-0.2, -0.15) is 0 Å². The molecule has 0 unspecified atom stereocenters. The molecule has 13 heavy (non-hydrogen) atoms. The second-order valence-electron chi connectivity index (χ2n) is 2.19. The Hall–Kier alpha value is -2.11. The Morgan fingerprint density at radius 2 is 2.23 bits per heavy atom. The molecule has 1 aromatic rings. The molecule has 0 saturated heterocycles. The predicted molar refractivity (Wildman–Crippen MR) is 45.9 cm³/mol. The molecule has 0 aliphatic rings. The van der Waals surface area contributed by atoms with Gasteiger partial charge >= 0.3 is 0 Å². The lowest BCUT2D eigenvalue weighted by molar-refractivity contribution is -0.384. The van der Waals surface area contributed by atoms with Crippen LogP contribution >= 0.6 is 0 Å². The molecule has 0 aromatic heterocycles. The van der Waals surface area contributed by atoms with Crippen molar-refractivity contribution >= 4 is 17.8 Å². The fourth-order valence-corrected chi connectivity index (χ4v) is 0.810. The number of carbonyl (C=O) groups excluding carboxylic acids is 1. The summed E-state index contributed by atoms with van der Waals surface area (Å²) in [5.41, 5.74) is 5.07. The van der Waals surface area contributed by atoms with E-state index in [-0.39, 0.29) is 5.69 Å². The number of hydrazine groups is 1. The molecule has 0 aliphatic heterocycles. The maximum absolute atomic E-state index is 10.3. The third-order valence-corrected chi connectivity index (χ3v) is 1.33. The van der Waals surface area contributed by atoms with E-state index in [1.54, 1.807) is 6.07 Å². The van der Waals surface area contributed by atoms with Crippen molar-refractivity contribution < 1.29 is 9.72 Å². The molecule has 0 bridgehead atoms. The zero-order valence-corrected chi connectivity index (χ0v) is 6.56. The van der Waals surface area contributed by atoms with Crippen molar-refractivity contribution in [3.8, 4) is 0 Å². The predicted octanol–water partition coefficient (Wildman–Crippen LogP) is 0.668. The topological polar surface area (TPSA) is 84.3 Å². The molecule has 0 aliphatic carbocycles. The van der Waals surface area contributed by atoms with Crippen LogP contribution in [0.5, 0.6) is 0 Å². The smallest absolute Gasteiger partial charge is 0.271 e. The Balaban J connectivity index is 2.79. The van der Waals surface area contributed by atoms with Crippen LogP contribution in [0.1, 0.15) is 0 Å². The largest absolute Gasteiger partial charge is 0.299 e. The van der Waals surface area contributed by atoms with Crippen LogP contribution in [0.2, 0.25) is 0 Å². The first-order valence-corrected chi connectivity index (χ1v) is 3.43. The molecular weight excluding hydrogens is 174 g/mol. The van der Waals surface area contributed by atoms with Crippen LogP contribution in [0.3, 0.4) is 0 Å². The van der Waals surface area contributed by atoms with E-state index in [0.29, 0.717) is 12.1 Å². The number of rotatable bonds is 4. The van der Waals surface area contributed by atoms with E-state index in [4.69, 9.17) is 0 Å². The Labute approximate surface area is 73.7 Å². The summed E-state index contributed by atoms with van der Waals surface area (Å²) in [5, 5.41) is 10.3. The average Bonchev–Trinajstić information content (AvgIpc) is 2.15. The number of benzene rings is 1. The molecular formula is C7H7N3O3. The maximum atomic E-state index is 10.3. The highest BCUT2D eigenvalue weighted by atomic mass is 16.6. The van der Waals surface area contributed by atoms with Crippen LogP contribution < -0.4 is 10.9 Å². The molecule has 6 heteroatoms. The lowest BCUT2D eigenvalue weighted by Gasteiger charge is -2.02. The molecule has 0 fully saturated rings. The number of hydrogen-bond donors (Lipinski definition) is 2. The number of nitrogens with zero attached hydrogens (tertiary/aromatic N) is 1. The summed E-state index contributed by atoms with van der Waals surface area (Å²) >= 11 is 0. The van der Waals surface area contributed by atoms with Crippen molar-refractivity contribution in [3.05, 3.63) is 34.4 Å². The summed E-state index contributed by atoms with van der Waals surface area (Å²) in [4.78, 5) is 19.7. The highest BCUT2D eigenvalue weighted by Crippen LogP contribution is 2.15. The van der Waals surface area contributed by atoms with Gasteiger partial charge in [-0.25, -0.2) is 0 Å². The zero-order chi connectivity index (χ0) is 9.68. The highest BCUT2D eigenvalue weighted by molar-refractivity contribution is 5.55. The number of nitro benzene ring substituents is 1. The van der Waals surface area contributed by atoms with Crippen LogP contribution in [0.4, 0.5) is 11.4 Å². The molecule has 0 atom stereocenters. The first-order chi connectivity index (χ1) is 6.24. The van der Waals surface area contributed by atoms with E-state index in [1.165, 1.54) is 18.2 Å². The average molecular weight is 181 g/mol. The Kier molecular flexibility index (Phi) is 2.80. The van der Waals surface area contributed by atoms with E-state index in [2.05, 4.69) is 10.9 Å². The van der Waals surface area contributed by atoms with Gasteiger partial charge in [0.2, 0.25) is 6.41 Å². The summed E-state index contributed by atoms with van der Waals surface area (Å²) in [6, 6.07) is 5.80. The normalized spacial score (nSPS) is 8.92. The van der Waals surface area contributed by atoms with Gasteiger partial charge in [0.15, 0.2) is 0 Å². The van der Waals surface area contributed by atoms with Gasteiger partial charge in [0, 0.05) is 12.1 Å². The number of nitro groups is 1. The van der Waals surface area contributed by atoms with Gasteiger partial charge in [0.1, 0.15) is 0 Å². The van der Waals surface area contributed by atoms with Crippen LogP contribution in [-0.4, -0.2) is 11.3 Å².